The second-order valence-corrected chi connectivity index (χ2v) is 7.78. The summed E-state index contributed by atoms with van der Waals surface area (Å²) in [6, 6.07) is 3.96. The maximum Gasteiger partial charge on any atom is 0.321 e. The van der Waals surface area contributed by atoms with E-state index < -0.39 is 22.0 Å². The smallest absolute Gasteiger partial charge is 0.321 e. The van der Waals surface area contributed by atoms with Crippen LogP contribution in [0.25, 0.3) is 0 Å². The predicted octanol–water partition coefficient (Wildman–Crippen LogP) is 1.66. The van der Waals surface area contributed by atoms with Crippen LogP contribution in [0.3, 0.4) is 0 Å². The first-order valence-corrected chi connectivity index (χ1v) is 9.67. The van der Waals surface area contributed by atoms with Gasteiger partial charge in [0, 0.05) is 0 Å². The summed E-state index contributed by atoms with van der Waals surface area (Å²) < 4.78 is 27.0. The maximum absolute atomic E-state index is 12.3. The van der Waals surface area contributed by atoms with Crippen LogP contribution in [-0.4, -0.2) is 37.5 Å². The van der Waals surface area contributed by atoms with Gasteiger partial charge in [-0.05, 0) is 61.0 Å². The third-order valence-electron chi connectivity index (χ3n) is 3.59. The monoisotopic (exact) mass is 329 g/mol. The normalized spacial score (nSPS) is 15.7. The molecule has 2 N–H and O–H groups in total. The van der Waals surface area contributed by atoms with Crippen molar-refractivity contribution in [1.82, 2.24) is 4.72 Å². The fourth-order valence-corrected chi connectivity index (χ4v) is 4.18. The Morgan fingerprint density at radius 2 is 2.10 bits per heavy atom. The van der Waals surface area contributed by atoms with Crippen molar-refractivity contribution in [2.75, 3.05) is 12.0 Å². The number of aryl methyl sites for hydroxylation is 2. The number of carboxylic acids is 1. The zero-order valence-electron chi connectivity index (χ0n) is 11.8. The fraction of sp³-hybridized carbons (Fsp3) is 0.500. The molecule has 5 nitrogen and oxygen atoms in total. The zero-order valence-corrected chi connectivity index (χ0v) is 13.5. The molecule has 2 rings (SSSR count). The van der Waals surface area contributed by atoms with Crippen LogP contribution in [0.5, 0.6) is 0 Å². The topological polar surface area (TPSA) is 83.5 Å². The second-order valence-electron chi connectivity index (χ2n) is 5.08. The van der Waals surface area contributed by atoms with Gasteiger partial charge in [0.15, 0.2) is 0 Å². The van der Waals surface area contributed by atoms with Crippen molar-refractivity contribution in [2.45, 2.75) is 36.6 Å². The van der Waals surface area contributed by atoms with Gasteiger partial charge in [0.05, 0.1) is 4.90 Å². The van der Waals surface area contributed by atoms with E-state index in [1.54, 1.807) is 12.1 Å². The van der Waals surface area contributed by atoms with Crippen molar-refractivity contribution >= 4 is 27.8 Å². The molecule has 1 aromatic rings. The molecule has 0 heterocycles. The van der Waals surface area contributed by atoms with E-state index in [2.05, 4.69) is 4.72 Å². The Balaban J connectivity index is 2.18. The molecule has 1 aliphatic rings. The lowest BCUT2D eigenvalue weighted by Gasteiger charge is -2.15. The van der Waals surface area contributed by atoms with Crippen molar-refractivity contribution in [2.24, 2.45) is 0 Å². The number of rotatable bonds is 7. The predicted molar refractivity (Wildman–Crippen MR) is 83.2 cm³/mol. The quantitative estimate of drug-likeness (QED) is 0.795. The Bertz CT molecular complexity index is 628. The summed E-state index contributed by atoms with van der Waals surface area (Å²) in [5.41, 5.74) is 2.24. The van der Waals surface area contributed by atoms with Gasteiger partial charge in [0.2, 0.25) is 10.0 Å². The van der Waals surface area contributed by atoms with E-state index in [4.69, 9.17) is 5.11 Å². The molecular weight excluding hydrogens is 310 g/mol. The molecule has 0 amide bonds. The highest BCUT2D eigenvalue weighted by Gasteiger charge is 2.26. The highest BCUT2D eigenvalue weighted by Crippen LogP contribution is 2.24. The standard InChI is InChI=1S/C14H19NO4S2/c1-20-8-7-13(14(16)17)15-21(18,19)12-6-5-10-3-2-4-11(10)9-12/h5-6,9,13,15H,2-4,7-8H2,1H3,(H,16,17)/t13-/m1/s1. The minimum absolute atomic E-state index is 0.151. The molecule has 1 aromatic carbocycles. The van der Waals surface area contributed by atoms with Crippen LogP contribution in [0.1, 0.15) is 24.0 Å². The Kier molecular flexibility index (Phi) is 5.29. The van der Waals surface area contributed by atoms with Gasteiger partial charge in [-0.2, -0.15) is 16.5 Å². The Labute approximate surface area is 129 Å². The first kappa shape index (κ1) is 16.3. The van der Waals surface area contributed by atoms with Crippen LogP contribution < -0.4 is 4.72 Å². The van der Waals surface area contributed by atoms with Gasteiger partial charge in [0.1, 0.15) is 6.04 Å². The summed E-state index contributed by atoms with van der Waals surface area (Å²) in [5, 5.41) is 9.13. The summed E-state index contributed by atoms with van der Waals surface area (Å²) in [6.45, 7) is 0. The van der Waals surface area contributed by atoms with E-state index in [0.717, 1.165) is 24.8 Å². The van der Waals surface area contributed by atoms with E-state index in [9.17, 15) is 13.2 Å². The summed E-state index contributed by atoms with van der Waals surface area (Å²) in [7, 11) is -3.80. The van der Waals surface area contributed by atoms with E-state index in [0.29, 0.717) is 5.75 Å². The van der Waals surface area contributed by atoms with Gasteiger partial charge in [0.25, 0.3) is 0 Å². The first-order chi connectivity index (χ1) is 9.94. The number of hydrogen-bond acceptors (Lipinski definition) is 4. The molecule has 21 heavy (non-hydrogen) atoms. The number of benzene rings is 1. The van der Waals surface area contributed by atoms with Crippen molar-refractivity contribution in [1.29, 1.82) is 0 Å². The van der Waals surface area contributed by atoms with E-state index >= 15 is 0 Å². The lowest BCUT2D eigenvalue weighted by atomic mass is 10.1. The average molecular weight is 329 g/mol. The molecule has 7 heteroatoms. The summed E-state index contributed by atoms with van der Waals surface area (Å²) in [6.07, 6.45) is 5.02. The first-order valence-electron chi connectivity index (χ1n) is 6.80. The second kappa shape index (κ2) is 6.81. The van der Waals surface area contributed by atoms with E-state index in [1.165, 1.54) is 17.3 Å². The SMILES string of the molecule is CSCC[C@@H](NS(=O)(=O)c1ccc2c(c1)CCC2)C(=O)O. The number of carboxylic acid groups (broad SMARTS) is 1. The highest BCUT2D eigenvalue weighted by molar-refractivity contribution is 7.98. The minimum Gasteiger partial charge on any atom is -0.480 e. The Morgan fingerprint density at radius 1 is 1.38 bits per heavy atom. The van der Waals surface area contributed by atoms with E-state index in [-0.39, 0.29) is 11.3 Å². The third kappa shape index (κ3) is 3.99. The van der Waals surface area contributed by atoms with Crippen LogP contribution in [0.4, 0.5) is 0 Å². The summed E-state index contributed by atoms with van der Waals surface area (Å²) >= 11 is 1.49. The summed E-state index contributed by atoms with van der Waals surface area (Å²) in [4.78, 5) is 11.3. The fourth-order valence-electron chi connectivity index (χ4n) is 2.44. The molecule has 0 aromatic heterocycles. The lowest BCUT2D eigenvalue weighted by molar-refractivity contribution is -0.139. The van der Waals surface area contributed by atoms with Crippen LogP contribution in [0, 0.1) is 0 Å². The largest absolute Gasteiger partial charge is 0.480 e. The zero-order chi connectivity index (χ0) is 15.5. The van der Waals surface area contributed by atoms with Crippen LogP contribution in [-0.2, 0) is 27.7 Å². The number of nitrogens with one attached hydrogen (secondary N) is 1. The van der Waals surface area contributed by atoms with Gasteiger partial charge < -0.3 is 5.11 Å². The molecule has 0 saturated carbocycles. The highest BCUT2D eigenvalue weighted by atomic mass is 32.2. The van der Waals surface area contributed by atoms with Crippen LogP contribution >= 0.6 is 11.8 Å². The number of hydrogen-bond donors (Lipinski definition) is 2. The third-order valence-corrected chi connectivity index (χ3v) is 5.70. The van der Waals surface area contributed by atoms with Gasteiger partial charge in [-0.25, -0.2) is 8.42 Å². The van der Waals surface area contributed by atoms with Crippen LogP contribution in [0.2, 0.25) is 0 Å². The lowest BCUT2D eigenvalue weighted by Crippen LogP contribution is -2.41. The van der Waals surface area contributed by atoms with Gasteiger partial charge in [-0.3, -0.25) is 4.79 Å². The van der Waals surface area contributed by atoms with Gasteiger partial charge in [-0.1, -0.05) is 6.07 Å². The van der Waals surface area contributed by atoms with E-state index in [1.807, 2.05) is 12.3 Å². The molecule has 0 unspecified atom stereocenters. The van der Waals surface area contributed by atoms with Crippen LogP contribution in [0.15, 0.2) is 23.1 Å². The summed E-state index contributed by atoms with van der Waals surface area (Å²) in [5.74, 6) is -0.558. The van der Waals surface area contributed by atoms with Crippen molar-refractivity contribution in [3.05, 3.63) is 29.3 Å². The number of fused-ring (bicyclic) bond motifs is 1. The molecule has 1 atom stereocenters. The molecule has 0 spiro atoms. The van der Waals surface area contributed by atoms with Gasteiger partial charge in [-0.15, -0.1) is 0 Å². The molecule has 0 aliphatic heterocycles. The molecular formula is C14H19NO4S2. The molecule has 116 valence electrons. The molecule has 0 radical (unpaired) electrons. The molecule has 1 aliphatic carbocycles. The number of sulfonamides is 1. The molecule has 0 saturated heterocycles. The van der Waals surface area contributed by atoms with Crippen molar-refractivity contribution in [3.8, 4) is 0 Å². The number of thioether (sulfide) groups is 1. The minimum atomic E-state index is -3.80. The molecule has 0 fully saturated rings. The average Bonchev–Trinajstić information content (AvgIpc) is 2.90. The number of aliphatic carboxylic acids is 1. The Hall–Kier alpha value is -1.05. The maximum atomic E-state index is 12.3. The number of carbonyl (C=O) groups is 1. The van der Waals surface area contributed by atoms with Crippen molar-refractivity contribution in [3.63, 3.8) is 0 Å². The molecule has 0 bridgehead atoms. The van der Waals surface area contributed by atoms with Gasteiger partial charge >= 0.3 is 5.97 Å². The van der Waals surface area contributed by atoms with Crippen molar-refractivity contribution < 1.29 is 18.3 Å². The Morgan fingerprint density at radius 3 is 2.76 bits per heavy atom.